The molecule has 0 aliphatic carbocycles. The van der Waals surface area contributed by atoms with Gasteiger partial charge in [0.15, 0.2) is 5.75 Å². The van der Waals surface area contributed by atoms with Crippen LogP contribution in [-0.2, 0) is 13.2 Å². The first-order valence-corrected chi connectivity index (χ1v) is 5.86. The molecule has 1 heterocycles. The molecule has 5 heteroatoms. The zero-order valence-corrected chi connectivity index (χ0v) is 10.4. The van der Waals surface area contributed by atoms with Crippen molar-refractivity contribution in [2.24, 2.45) is 5.73 Å². The fourth-order valence-electron chi connectivity index (χ4n) is 1.50. The summed E-state index contributed by atoms with van der Waals surface area (Å²) in [6.07, 6.45) is 1.52. The predicted octanol–water partition coefficient (Wildman–Crippen LogP) is 2.07. The highest BCUT2D eigenvalue weighted by Crippen LogP contribution is 2.16. The van der Waals surface area contributed by atoms with Crippen molar-refractivity contribution in [1.82, 2.24) is 4.98 Å². The fraction of sp³-hybridized carbons (Fsp3) is 0.154. The molecule has 0 saturated heterocycles. The highest BCUT2D eigenvalue weighted by molar-refractivity contribution is 6.31. The maximum atomic E-state index is 11.7. The lowest BCUT2D eigenvalue weighted by Crippen LogP contribution is -2.11. The summed E-state index contributed by atoms with van der Waals surface area (Å²) < 4.78 is 5.43. The van der Waals surface area contributed by atoms with Crippen molar-refractivity contribution in [3.63, 3.8) is 0 Å². The fourth-order valence-corrected chi connectivity index (χ4v) is 1.69. The molecule has 0 saturated carbocycles. The lowest BCUT2D eigenvalue weighted by Gasteiger charge is -2.07. The number of nitrogens with two attached hydrogens (primary N) is 1. The molecule has 0 aliphatic heterocycles. The third-order valence-electron chi connectivity index (χ3n) is 2.50. The van der Waals surface area contributed by atoms with Crippen LogP contribution in [0, 0.1) is 0 Å². The number of ether oxygens (including phenoxy) is 1. The average molecular weight is 265 g/mol. The number of hydrogen-bond acceptors (Lipinski definition) is 3. The van der Waals surface area contributed by atoms with E-state index in [0.29, 0.717) is 17.3 Å². The van der Waals surface area contributed by atoms with E-state index in [9.17, 15) is 4.79 Å². The molecule has 1 aromatic heterocycles. The highest BCUT2D eigenvalue weighted by Gasteiger charge is 2.04. The van der Waals surface area contributed by atoms with Gasteiger partial charge in [-0.25, -0.2) is 0 Å². The van der Waals surface area contributed by atoms with E-state index < -0.39 is 0 Å². The summed E-state index contributed by atoms with van der Waals surface area (Å²) in [7, 11) is 0. The van der Waals surface area contributed by atoms with Gasteiger partial charge in [0, 0.05) is 35.1 Å². The van der Waals surface area contributed by atoms with Crippen LogP contribution in [0.2, 0.25) is 5.02 Å². The molecule has 0 unspecified atom stereocenters. The molecule has 94 valence electrons. The number of aromatic nitrogens is 1. The van der Waals surface area contributed by atoms with Gasteiger partial charge in [0.1, 0.15) is 6.61 Å². The number of nitrogens with one attached hydrogen (secondary N) is 1. The van der Waals surface area contributed by atoms with Crippen LogP contribution in [0.4, 0.5) is 0 Å². The Labute approximate surface area is 109 Å². The molecule has 0 spiro atoms. The first-order chi connectivity index (χ1) is 8.70. The Morgan fingerprint density at radius 1 is 1.33 bits per heavy atom. The molecule has 18 heavy (non-hydrogen) atoms. The van der Waals surface area contributed by atoms with E-state index >= 15 is 0 Å². The van der Waals surface area contributed by atoms with Crippen molar-refractivity contribution in [3.05, 3.63) is 63.0 Å². The van der Waals surface area contributed by atoms with Crippen molar-refractivity contribution in [2.45, 2.75) is 13.2 Å². The van der Waals surface area contributed by atoms with E-state index in [1.807, 2.05) is 18.2 Å². The molecule has 4 nitrogen and oxygen atoms in total. The second-order valence-electron chi connectivity index (χ2n) is 3.77. The molecule has 0 amide bonds. The summed E-state index contributed by atoms with van der Waals surface area (Å²) in [6, 6.07) is 8.77. The summed E-state index contributed by atoms with van der Waals surface area (Å²) in [4.78, 5) is 14.6. The lowest BCUT2D eigenvalue weighted by atomic mass is 10.2. The van der Waals surface area contributed by atoms with Crippen LogP contribution in [0.3, 0.4) is 0 Å². The largest absolute Gasteiger partial charge is 0.483 e. The van der Waals surface area contributed by atoms with Crippen LogP contribution in [-0.4, -0.2) is 4.98 Å². The minimum atomic E-state index is -0.193. The van der Waals surface area contributed by atoms with Gasteiger partial charge in [-0.05, 0) is 6.07 Å². The molecule has 1 aromatic carbocycles. The van der Waals surface area contributed by atoms with E-state index in [0.717, 1.165) is 5.56 Å². The van der Waals surface area contributed by atoms with Crippen molar-refractivity contribution in [2.75, 3.05) is 0 Å². The van der Waals surface area contributed by atoms with Crippen LogP contribution >= 0.6 is 11.6 Å². The normalized spacial score (nSPS) is 10.3. The molecule has 0 atom stereocenters. The van der Waals surface area contributed by atoms with Gasteiger partial charge in [0.2, 0.25) is 5.43 Å². The Kier molecular flexibility index (Phi) is 4.02. The lowest BCUT2D eigenvalue weighted by molar-refractivity contribution is 0.302. The number of benzene rings is 1. The number of halogens is 1. The minimum absolute atomic E-state index is 0.193. The van der Waals surface area contributed by atoms with Gasteiger partial charge in [-0.2, -0.15) is 0 Å². The van der Waals surface area contributed by atoms with Crippen LogP contribution in [0.5, 0.6) is 5.75 Å². The molecule has 0 bridgehead atoms. The van der Waals surface area contributed by atoms with E-state index in [-0.39, 0.29) is 17.8 Å². The molecule has 2 rings (SSSR count). The number of H-pyrrole nitrogens is 1. The van der Waals surface area contributed by atoms with E-state index in [4.69, 9.17) is 22.1 Å². The second kappa shape index (κ2) is 5.71. The molecule has 3 N–H and O–H groups in total. The Balaban J connectivity index is 2.11. The molecule has 2 aromatic rings. The quantitative estimate of drug-likeness (QED) is 0.888. The van der Waals surface area contributed by atoms with Crippen molar-refractivity contribution in [1.29, 1.82) is 0 Å². The van der Waals surface area contributed by atoms with Crippen molar-refractivity contribution >= 4 is 11.6 Å². The number of aromatic amines is 1. The van der Waals surface area contributed by atoms with Crippen molar-refractivity contribution < 1.29 is 4.74 Å². The molecular weight excluding hydrogens is 252 g/mol. The SMILES string of the molecule is NCc1cc(=O)c(OCc2ccccc2Cl)c[nH]1. The first kappa shape index (κ1) is 12.7. The highest BCUT2D eigenvalue weighted by atomic mass is 35.5. The monoisotopic (exact) mass is 264 g/mol. The van der Waals surface area contributed by atoms with Crippen molar-refractivity contribution in [3.8, 4) is 5.75 Å². The van der Waals surface area contributed by atoms with E-state index in [1.54, 1.807) is 6.07 Å². The Hall–Kier alpha value is -1.78. The topological polar surface area (TPSA) is 68.1 Å². The molecule has 0 radical (unpaired) electrons. The van der Waals surface area contributed by atoms with Crippen LogP contribution in [0.1, 0.15) is 11.3 Å². The molecular formula is C13H13ClN2O2. The molecule has 0 fully saturated rings. The van der Waals surface area contributed by atoms with Crippen LogP contribution in [0.25, 0.3) is 0 Å². The van der Waals surface area contributed by atoms with E-state index in [1.165, 1.54) is 12.3 Å². The third kappa shape index (κ3) is 2.91. The summed E-state index contributed by atoms with van der Waals surface area (Å²) in [5.41, 5.74) is 6.74. The van der Waals surface area contributed by atoms with Gasteiger partial charge in [0.05, 0.1) is 0 Å². The summed E-state index contributed by atoms with van der Waals surface area (Å²) in [5, 5.41) is 0.618. The second-order valence-corrected chi connectivity index (χ2v) is 4.18. The van der Waals surface area contributed by atoms with Crippen LogP contribution < -0.4 is 15.9 Å². The zero-order valence-electron chi connectivity index (χ0n) is 9.65. The summed E-state index contributed by atoms with van der Waals surface area (Å²) in [6.45, 7) is 0.546. The number of rotatable bonds is 4. The third-order valence-corrected chi connectivity index (χ3v) is 2.87. The minimum Gasteiger partial charge on any atom is -0.483 e. The van der Waals surface area contributed by atoms with Gasteiger partial charge in [0.25, 0.3) is 0 Å². The first-order valence-electron chi connectivity index (χ1n) is 5.48. The molecule has 0 aliphatic rings. The summed E-state index contributed by atoms with van der Waals surface area (Å²) >= 11 is 6.00. The summed E-state index contributed by atoms with van der Waals surface area (Å²) in [5.74, 6) is 0.257. The smallest absolute Gasteiger partial charge is 0.223 e. The van der Waals surface area contributed by atoms with Gasteiger partial charge in [-0.3, -0.25) is 4.79 Å². The zero-order chi connectivity index (χ0) is 13.0. The van der Waals surface area contributed by atoms with Crippen LogP contribution in [0.15, 0.2) is 41.3 Å². The van der Waals surface area contributed by atoms with Gasteiger partial charge >= 0.3 is 0 Å². The van der Waals surface area contributed by atoms with Gasteiger partial charge < -0.3 is 15.5 Å². The van der Waals surface area contributed by atoms with Gasteiger partial charge in [-0.15, -0.1) is 0 Å². The standard InChI is InChI=1S/C13H13ClN2O2/c14-11-4-2-1-3-9(11)8-18-13-7-16-10(6-15)5-12(13)17/h1-5,7H,6,8,15H2,(H,16,17). The average Bonchev–Trinajstić information content (AvgIpc) is 2.39. The maximum absolute atomic E-state index is 11.7. The Morgan fingerprint density at radius 2 is 2.11 bits per heavy atom. The number of hydrogen-bond donors (Lipinski definition) is 2. The Bertz CT molecular complexity index is 596. The van der Waals surface area contributed by atoms with E-state index in [2.05, 4.69) is 4.98 Å². The van der Waals surface area contributed by atoms with Gasteiger partial charge in [-0.1, -0.05) is 29.8 Å². The Morgan fingerprint density at radius 3 is 2.78 bits per heavy atom. The maximum Gasteiger partial charge on any atom is 0.223 e. The predicted molar refractivity (Wildman–Crippen MR) is 70.7 cm³/mol. The number of pyridine rings is 1.